The molecule has 178 valence electrons. The molecule has 2 aromatic heterocycles. The molecular weight excluding hydrogens is 437 g/mol. The molecule has 9 nitrogen and oxygen atoms in total. The monoisotopic (exact) mass is 465 g/mol. The number of rotatable bonds is 4. The molecule has 2 fully saturated rings. The second-order valence-electron chi connectivity index (χ2n) is 9.97. The number of piperidine rings is 1. The molecule has 0 unspecified atom stereocenters. The number of aromatic nitrogens is 5. The first-order chi connectivity index (χ1) is 16.1. The van der Waals surface area contributed by atoms with Crippen LogP contribution in [0, 0.1) is 0 Å². The lowest BCUT2D eigenvalue weighted by Gasteiger charge is -2.47. The van der Waals surface area contributed by atoms with Gasteiger partial charge in [0.15, 0.2) is 11.6 Å². The predicted octanol–water partition coefficient (Wildman–Crippen LogP) is 2.45. The van der Waals surface area contributed by atoms with Gasteiger partial charge in [0.1, 0.15) is 18.2 Å². The van der Waals surface area contributed by atoms with Gasteiger partial charge >= 0.3 is 5.69 Å². The third-order valence-electron chi connectivity index (χ3n) is 7.29. The third-order valence-corrected chi connectivity index (χ3v) is 7.29. The van der Waals surface area contributed by atoms with Crippen LogP contribution in [0.4, 0.5) is 10.2 Å². The largest absolute Gasteiger partial charge is 0.507 e. The van der Waals surface area contributed by atoms with E-state index in [1.165, 1.54) is 17.0 Å². The van der Waals surface area contributed by atoms with Crippen molar-refractivity contribution in [2.24, 2.45) is 7.05 Å². The first kappa shape index (κ1) is 22.4. The van der Waals surface area contributed by atoms with E-state index in [9.17, 15) is 9.90 Å². The number of anilines is 1. The van der Waals surface area contributed by atoms with Crippen LogP contribution in [0.15, 0.2) is 41.5 Å². The van der Waals surface area contributed by atoms with E-state index in [1.807, 2.05) is 18.9 Å². The number of nitrogens with one attached hydrogen (secondary N) is 1. The minimum Gasteiger partial charge on any atom is -0.507 e. The van der Waals surface area contributed by atoms with Gasteiger partial charge in [-0.1, -0.05) is 6.07 Å². The van der Waals surface area contributed by atoms with Gasteiger partial charge in [0, 0.05) is 36.3 Å². The summed E-state index contributed by atoms with van der Waals surface area (Å²) in [5, 5.41) is 22.7. The van der Waals surface area contributed by atoms with Crippen LogP contribution in [0.3, 0.4) is 0 Å². The summed E-state index contributed by atoms with van der Waals surface area (Å²) in [6.45, 7) is 4.12. The van der Waals surface area contributed by atoms with Crippen LogP contribution in [-0.2, 0) is 7.05 Å². The normalized spacial score (nSPS) is 28.1. The van der Waals surface area contributed by atoms with Crippen LogP contribution < -0.4 is 15.9 Å². The van der Waals surface area contributed by atoms with E-state index in [0.717, 1.165) is 12.8 Å². The number of benzene rings is 1. The number of hydrogen-bond acceptors (Lipinski definition) is 8. The number of aryl methyl sites for hydroxylation is 1. The number of halogens is 1. The summed E-state index contributed by atoms with van der Waals surface area (Å²) < 4.78 is 16.7. The van der Waals surface area contributed by atoms with Gasteiger partial charge in [-0.2, -0.15) is 4.98 Å². The third kappa shape index (κ3) is 3.71. The Bertz CT molecular complexity index is 1300. The van der Waals surface area contributed by atoms with Crippen molar-refractivity contribution in [1.82, 2.24) is 30.0 Å². The van der Waals surface area contributed by atoms with Gasteiger partial charge in [-0.05, 0) is 57.4 Å². The number of fused-ring (bicyclic) bond motifs is 2. The quantitative estimate of drug-likeness (QED) is 0.605. The maximum absolute atomic E-state index is 15.4. The van der Waals surface area contributed by atoms with Crippen LogP contribution in [0.1, 0.15) is 33.1 Å². The fourth-order valence-corrected chi connectivity index (χ4v) is 5.28. The summed E-state index contributed by atoms with van der Waals surface area (Å²) in [6, 6.07) is 8.14. The van der Waals surface area contributed by atoms with Crippen molar-refractivity contribution in [2.75, 3.05) is 11.9 Å². The Balaban J connectivity index is 1.38. The Morgan fingerprint density at radius 1 is 1.21 bits per heavy atom. The zero-order valence-corrected chi connectivity index (χ0v) is 19.7. The molecule has 2 saturated heterocycles. The average molecular weight is 466 g/mol. The minimum absolute atomic E-state index is 0.0308. The Labute approximate surface area is 196 Å². The Hall–Kier alpha value is -3.40. The highest BCUT2D eigenvalue weighted by Crippen LogP contribution is 2.45. The molecule has 4 heterocycles. The Morgan fingerprint density at radius 2 is 2.00 bits per heavy atom. The van der Waals surface area contributed by atoms with E-state index in [4.69, 9.17) is 0 Å². The van der Waals surface area contributed by atoms with Gasteiger partial charge in [-0.3, -0.25) is 4.57 Å². The van der Waals surface area contributed by atoms with Crippen LogP contribution in [0.2, 0.25) is 0 Å². The van der Waals surface area contributed by atoms with Crippen molar-refractivity contribution in [1.29, 1.82) is 0 Å². The van der Waals surface area contributed by atoms with Crippen molar-refractivity contribution in [3.8, 4) is 28.4 Å². The van der Waals surface area contributed by atoms with E-state index < -0.39 is 17.4 Å². The molecule has 2 aliphatic heterocycles. The van der Waals surface area contributed by atoms with Crippen molar-refractivity contribution < 1.29 is 9.50 Å². The van der Waals surface area contributed by atoms with Gasteiger partial charge in [0.05, 0.1) is 11.7 Å². The number of phenols is 1. The molecule has 0 aliphatic carbocycles. The standard InChI is InChI=1S/C24H28FN7O2/c1-23-9-10-24(2,30-23)20(25)17(12-23)32(4)19-8-7-16(28-29-19)15-6-5-14(11-18(15)33)21-26-13-31(3)22(34)27-21/h5-8,11,13,17,20,30,33H,9-10,12H2,1-4H3/t17-,20-,23-,24+/m1/s1. The number of alkyl halides is 1. The molecule has 1 aromatic carbocycles. The molecule has 4 atom stereocenters. The van der Waals surface area contributed by atoms with Gasteiger partial charge < -0.3 is 15.3 Å². The van der Waals surface area contributed by atoms with E-state index in [1.54, 1.807) is 31.3 Å². The second-order valence-corrected chi connectivity index (χ2v) is 9.97. The second kappa shape index (κ2) is 7.83. The summed E-state index contributed by atoms with van der Waals surface area (Å²) in [4.78, 5) is 21.7. The maximum atomic E-state index is 15.4. The van der Waals surface area contributed by atoms with Gasteiger partial charge in [-0.15, -0.1) is 10.2 Å². The first-order valence-electron chi connectivity index (χ1n) is 11.3. The molecule has 0 spiro atoms. The lowest BCUT2D eigenvalue weighted by Crippen LogP contribution is -2.65. The predicted molar refractivity (Wildman–Crippen MR) is 126 cm³/mol. The Morgan fingerprint density at radius 3 is 2.68 bits per heavy atom. The highest BCUT2D eigenvalue weighted by molar-refractivity contribution is 5.72. The Kier molecular flexibility index (Phi) is 5.16. The molecule has 2 bridgehead atoms. The SMILES string of the molecule is CN(c1ccc(-c2ccc(-c3ncn(C)c(=O)n3)cc2O)nn1)[C@@H]1C[C@@]2(C)CC[C@](C)(N2)[C@@H]1F. The lowest BCUT2D eigenvalue weighted by molar-refractivity contribution is 0.0859. The first-order valence-corrected chi connectivity index (χ1v) is 11.3. The molecule has 3 aromatic rings. The van der Waals surface area contributed by atoms with Crippen molar-refractivity contribution in [3.05, 3.63) is 47.1 Å². The molecular formula is C24H28FN7O2. The average Bonchev–Trinajstić information content (AvgIpc) is 3.09. The molecule has 0 saturated carbocycles. The number of hydrogen-bond donors (Lipinski definition) is 2. The highest BCUT2D eigenvalue weighted by atomic mass is 19.1. The fourth-order valence-electron chi connectivity index (χ4n) is 5.28. The molecule has 10 heteroatoms. The van der Waals surface area contributed by atoms with E-state index in [2.05, 4.69) is 32.4 Å². The summed E-state index contributed by atoms with van der Waals surface area (Å²) in [5.74, 6) is 0.776. The van der Waals surface area contributed by atoms with E-state index in [-0.39, 0.29) is 23.2 Å². The van der Waals surface area contributed by atoms with Gasteiger partial charge in [0.2, 0.25) is 0 Å². The van der Waals surface area contributed by atoms with E-state index in [0.29, 0.717) is 29.1 Å². The minimum atomic E-state index is -1.02. The van der Waals surface area contributed by atoms with Gasteiger partial charge in [0.25, 0.3) is 0 Å². The van der Waals surface area contributed by atoms with Crippen LogP contribution in [0.25, 0.3) is 22.6 Å². The lowest BCUT2D eigenvalue weighted by atomic mass is 9.82. The van der Waals surface area contributed by atoms with Crippen LogP contribution in [0.5, 0.6) is 5.75 Å². The summed E-state index contributed by atoms with van der Waals surface area (Å²) in [7, 11) is 3.42. The summed E-state index contributed by atoms with van der Waals surface area (Å²) in [5.41, 5.74) is 0.438. The summed E-state index contributed by atoms with van der Waals surface area (Å²) >= 11 is 0. The highest BCUT2D eigenvalue weighted by Gasteiger charge is 2.56. The topological polar surface area (TPSA) is 109 Å². The molecule has 2 N–H and O–H groups in total. The molecule has 0 amide bonds. The van der Waals surface area contributed by atoms with Crippen molar-refractivity contribution in [3.63, 3.8) is 0 Å². The number of aromatic hydroxyl groups is 1. The zero-order chi connectivity index (χ0) is 24.3. The molecule has 5 rings (SSSR count). The van der Waals surface area contributed by atoms with E-state index >= 15 is 4.39 Å². The number of phenolic OH excluding ortho intramolecular Hbond substituents is 1. The fraction of sp³-hybridized carbons (Fsp3) is 0.458. The smallest absolute Gasteiger partial charge is 0.350 e. The molecule has 0 radical (unpaired) electrons. The van der Waals surface area contributed by atoms with Crippen molar-refractivity contribution in [2.45, 2.75) is 56.4 Å². The van der Waals surface area contributed by atoms with Crippen molar-refractivity contribution >= 4 is 5.82 Å². The number of nitrogens with zero attached hydrogens (tertiary/aromatic N) is 6. The maximum Gasteiger partial charge on any atom is 0.350 e. The van der Waals surface area contributed by atoms with Crippen LogP contribution in [-0.4, -0.2) is 60.2 Å². The zero-order valence-electron chi connectivity index (χ0n) is 19.7. The molecule has 2 aliphatic rings. The van der Waals surface area contributed by atoms with Crippen LogP contribution >= 0.6 is 0 Å². The van der Waals surface area contributed by atoms with Gasteiger partial charge in [-0.25, -0.2) is 14.2 Å². The summed E-state index contributed by atoms with van der Waals surface area (Å²) in [6.07, 6.45) is 2.82. The molecule has 34 heavy (non-hydrogen) atoms.